The average Bonchev–Trinajstić information content (AvgIpc) is 3.06. The first kappa shape index (κ1) is 13.2. The number of halogens is 2. The Bertz CT molecular complexity index is 463. The molecule has 0 radical (unpaired) electrons. The Morgan fingerprint density at radius 3 is 2.56 bits per heavy atom. The van der Waals surface area contributed by atoms with Crippen molar-refractivity contribution in [2.75, 3.05) is 6.54 Å². The Morgan fingerprint density at radius 2 is 2.11 bits per heavy atom. The summed E-state index contributed by atoms with van der Waals surface area (Å²) in [5.74, 6) is -1.18. The van der Waals surface area contributed by atoms with Gasteiger partial charge in [-0.3, -0.25) is 9.59 Å². The van der Waals surface area contributed by atoms with Gasteiger partial charge in [0.1, 0.15) is 10.8 Å². The van der Waals surface area contributed by atoms with E-state index in [4.69, 9.17) is 28.3 Å². The van der Waals surface area contributed by atoms with Crippen LogP contribution < -0.4 is 0 Å². The molecule has 0 bridgehead atoms. The molecule has 1 aliphatic carbocycles. The number of H-pyrrole nitrogens is 1. The summed E-state index contributed by atoms with van der Waals surface area (Å²) < 4.78 is 0. The van der Waals surface area contributed by atoms with Crippen molar-refractivity contribution in [1.82, 2.24) is 9.88 Å². The van der Waals surface area contributed by atoms with E-state index in [1.165, 1.54) is 6.07 Å². The van der Waals surface area contributed by atoms with Crippen LogP contribution in [0.1, 0.15) is 29.8 Å². The third-order valence-corrected chi connectivity index (χ3v) is 3.46. The second-order valence-corrected chi connectivity index (χ2v) is 5.00. The van der Waals surface area contributed by atoms with Gasteiger partial charge in [-0.15, -0.1) is 0 Å². The first-order valence-electron chi connectivity index (χ1n) is 5.56. The molecule has 0 aliphatic heterocycles. The summed E-state index contributed by atoms with van der Waals surface area (Å²) in [6.45, 7) is 0.201. The van der Waals surface area contributed by atoms with Gasteiger partial charge in [0.05, 0.1) is 11.4 Å². The average molecular weight is 291 g/mol. The molecule has 5 nitrogen and oxygen atoms in total. The fraction of sp³-hybridized carbons (Fsp3) is 0.455. The molecule has 7 heteroatoms. The summed E-state index contributed by atoms with van der Waals surface area (Å²) in [5.41, 5.74) is 0.294. The van der Waals surface area contributed by atoms with E-state index in [1.807, 2.05) is 0 Å². The summed E-state index contributed by atoms with van der Waals surface area (Å²) in [5, 5.41) is 9.18. The molecule has 1 aliphatic rings. The number of rotatable bonds is 5. The van der Waals surface area contributed by atoms with Crippen LogP contribution in [0.2, 0.25) is 10.2 Å². The first-order chi connectivity index (χ1) is 8.49. The monoisotopic (exact) mass is 290 g/mol. The van der Waals surface area contributed by atoms with E-state index < -0.39 is 5.97 Å². The molecule has 1 saturated carbocycles. The Morgan fingerprint density at radius 1 is 1.44 bits per heavy atom. The highest BCUT2D eigenvalue weighted by Crippen LogP contribution is 2.30. The summed E-state index contributed by atoms with van der Waals surface area (Å²) in [7, 11) is 0. The number of carboxylic acid groups (broad SMARTS) is 1. The highest BCUT2D eigenvalue weighted by molar-refractivity contribution is 6.41. The van der Waals surface area contributed by atoms with Crippen molar-refractivity contribution in [3.63, 3.8) is 0 Å². The first-order valence-corrected chi connectivity index (χ1v) is 6.31. The fourth-order valence-electron chi connectivity index (χ4n) is 1.73. The van der Waals surface area contributed by atoms with E-state index in [1.54, 1.807) is 4.90 Å². The molecule has 1 aromatic heterocycles. The van der Waals surface area contributed by atoms with E-state index in [2.05, 4.69) is 4.98 Å². The lowest BCUT2D eigenvalue weighted by atomic mass is 10.3. The highest BCUT2D eigenvalue weighted by Gasteiger charge is 2.33. The van der Waals surface area contributed by atoms with Crippen LogP contribution in [0.5, 0.6) is 0 Å². The van der Waals surface area contributed by atoms with Crippen LogP contribution in [-0.2, 0) is 4.79 Å². The summed E-state index contributed by atoms with van der Waals surface area (Å²) >= 11 is 11.5. The molecule has 98 valence electrons. The van der Waals surface area contributed by atoms with Gasteiger partial charge in [-0.2, -0.15) is 0 Å². The number of nitrogens with one attached hydrogen (secondary N) is 1. The van der Waals surface area contributed by atoms with Crippen LogP contribution in [0.15, 0.2) is 6.07 Å². The largest absolute Gasteiger partial charge is 0.481 e. The van der Waals surface area contributed by atoms with Crippen molar-refractivity contribution in [1.29, 1.82) is 0 Å². The van der Waals surface area contributed by atoms with Crippen LogP contribution >= 0.6 is 23.2 Å². The van der Waals surface area contributed by atoms with Gasteiger partial charge in [0.15, 0.2) is 0 Å². The van der Waals surface area contributed by atoms with Crippen LogP contribution in [0, 0.1) is 0 Å². The van der Waals surface area contributed by atoms with Gasteiger partial charge in [0, 0.05) is 12.6 Å². The number of hydrogen-bond donors (Lipinski definition) is 2. The number of aromatic nitrogens is 1. The number of carbonyl (C=O) groups excluding carboxylic acids is 1. The quantitative estimate of drug-likeness (QED) is 0.874. The molecule has 2 N–H and O–H groups in total. The third-order valence-electron chi connectivity index (χ3n) is 2.77. The standard InChI is InChI=1S/C11H12Cl2N2O3/c12-7-5-8(14-10(7)13)11(18)15(6-1-2-6)4-3-9(16)17/h5-6,14H,1-4H2,(H,16,17). The summed E-state index contributed by atoms with van der Waals surface area (Å²) in [6, 6.07) is 1.60. The van der Waals surface area contributed by atoms with Crippen LogP contribution in [0.4, 0.5) is 0 Å². The maximum Gasteiger partial charge on any atom is 0.305 e. The molecule has 1 fully saturated rings. The van der Waals surface area contributed by atoms with Gasteiger partial charge >= 0.3 is 5.97 Å². The Balaban J connectivity index is 2.10. The molecular formula is C11H12Cl2N2O3. The van der Waals surface area contributed by atoms with Crippen molar-refractivity contribution in [2.45, 2.75) is 25.3 Å². The number of carboxylic acids is 1. The van der Waals surface area contributed by atoms with Crippen LogP contribution in [0.25, 0.3) is 0 Å². The minimum absolute atomic E-state index is 0.0651. The smallest absolute Gasteiger partial charge is 0.305 e. The highest BCUT2D eigenvalue weighted by atomic mass is 35.5. The molecule has 1 aromatic rings. The fourth-order valence-corrected chi connectivity index (χ4v) is 2.04. The van der Waals surface area contributed by atoms with Crippen LogP contribution in [-0.4, -0.2) is 39.5 Å². The maximum atomic E-state index is 12.2. The maximum absolute atomic E-state index is 12.2. The molecule has 0 unspecified atom stereocenters. The normalized spacial score (nSPS) is 14.6. The van der Waals surface area contributed by atoms with Gasteiger partial charge in [-0.05, 0) is 18.9 Å². The van der Waals surface area contributed by atoms with Crippen LogP contribution in [0.3, 0.4) is 0 Å². The zero-order chi connectivity index (χ0) is 13.3. The van der Waals surface area contributed by atoms with Crippen molar-refractivity contribution in [3.05, 3.63) is 21.9 Å². The van der Waals surface area contributed by atoms with Crippen molar-refractivity contribution in [2.24, 2.45) is 0 Å². The number of nitrogens with zero attached hydrogens (tertiary/aromatic N) is 1. The second-order valence-electron chi connectivity index (χ2n) is 4.22. The van der Waals surface area contributed by atoms with Crippen molar-refractivity contribution >= 4 is 35.1 Å². The van der Waals surface area contributed by atoms with Crippen molar-refractivity contribution in [3.8, 4) is 0 Å². The summed E-state index contributed by atoms with van der Waals surface area (Å²) in [6.07, 6.45) is 1.76. The number of aromatic amines is 1. The topological polar surface area (TPSA) is 73.4 Å². The molecule has 0 spiro atoms. The molecule has 1 amide bonds. The van der Waals surface area contributed by atoms with Gasteiger partial charge in [-0.1, -0.05) is 23.2 Å². The van der Waals surface area contributed by atoms with E-state index >= 15 is 0 Å². The number of aliphatic carboxylic acids is 1. The third kappa shape index (κ3) is 2.97. The lowest BCUT2D eigenvalue weighted by Crippen LogP contribution is -2.35. The number of carbonyl (C=O) groups is 2. The zero-order valence-electron chi connectivity index (χ0n) is 9.45. The minimum atomic E-state index is -0.920. The minimum Gasteiger partial charge on any atom is -0.481 e. The molecule has 2 rings (SSSR count). The van der Waals surface area contributed by atoms with Gasteiger partial charge in [0.2, 0.25) is 0 Å². The molecule has 0 aromatic carbocycles. The molecule has 1 heterocycles. The lowest BCUT2D eigenvalue weighted by Gasteiger charge is -2.20. The second kappa shape index (κ2) is 5.20. The van der Waals surface area contributed by atoms with E-state index in [0.29, 0.717) is 5.69 Å². The Hall–Kier alpha value is -1.20. The Labute approximate surface area is 114 Å². The van der Waals surface area contributed by atoms with Gasteiger partial charge in [-0.25, -0.2) is 0 Å². The molecule has 0 atom stereocenters. The molecule has 18 heavy (non-hydrogen) atoms. The number of hydrogen-bond acceptors (Lipinski definition) is 2. The predicted octanol–water partition coefficient (Wildman–Crippen LogP) is 2.40. The summed E-state index contributed by atoms with van der Waals surface area (Å²) in [4.78, 5) is 27.0. The van der Waals surface area contributed by atoms with Gasteiger partial charge < -0.3 is 15.0 Å². The van der Waals surface area contributed by atoms with E-state index in [-0.39, 0.29) is 35.1 Å². The predicted molar refractivity (Wildman–Crippen MR) is 67.1 cm³/mol. The van der Waals surface area contributed by atoms with E-state index in [0.717, 1.165) is 12.8 Å². The molecular weight excluding hydrogens is 279 g/mol. The Kier molecular flexibility index (Phi) is 3.82. The zero-order valence-corrected chi connectivity index (χ0v) is 11.0. The SMILES string of the molecule is O=C(O)CCN(C(=O)c1cc(Cl)c(Cl)[nH]1)C1CC1. The molecule has 0 saturated heterocycles. The van der Waals surface area contributed by atoms with E-state index in [9.17, 15) is 9.59 Å². The lowest BCUT2D eigenvalue weighted by molar-refractivity contribution is -0.137. The van der Waals surface area contributed by atoms with Gasteiger partial charge in [0.25, 0.3) is 5.91 Å². The number of amides is 1. The van der Waals surface area contributed by atoms with Crippen molar-refractivity contribution < 1.29 is 14.7 Å².